The summed E-state index contributed by atoms with van der Waals surface area (Å²) in [6.07, 6.45) is 0.921. The van der Waals surface area contributed by atoms with Crippen LogP contribution in [0.3, 0.4) is 0 Å². The number of nitrogens with zero attached hydrogens (tertiary/aromatic N) is 3. The van der Waals surface area contributed by atoms with Crippen molar-refractivity contribution in [2.75, 3.05) is 24.6 Å². The molecule has 1 aromatic carbocycles. The van der Waals surface area contributed by atoms with Gasteiger partial charge in [0.1, 0.15) is 6.04 Å². The van der Waals surface area contributed by atoms with E-state index >= 15 is 0 Å². The van der Waals surface area contributed by atoms with Crippen LogP contribution in [0.2, 0.25) is 0 Å². The molecule has 146 valence electrons. The second-order valence-electron chi connectivity index (χ2n) is 6.94. The average Bonchev–Trinajstić information content (AvgIpc) is 3.19. The molecule has 8 heteroatoms. The van der Waals surface area contributed by atoms with Crippen molar-refractivity contribution in [3.05, 3.63) is 24.3 Å². The molecule has 0 spiro atoms. The minimum Gasteiger partial charge on any atom is -0.379 e. The smallest absolute Gasteiger partial charge is 0.324 e. The van der Waals surface area contributed by atoms with Crippen molar-refractivity contribution in [3.8, 4) is 0 Å². The third-order valence-corrected chi connectivity index (χ3v) is 4.47. The van der Waals surface area contributed by atoms with Crippen molar-refractivity contribution in [3.63, 3.8) is 0 Å². The second kappa shape index (κ2) is 8.39. The predicted molar refractivity (Wildman–Crippen MR) is 104 cm³/mol. The van der Waals surface area contributed by atoms with Crippen LogP contribution in [0.4, 0.5) is 10.7 Å². The maximum absolute atomic E-state index is 12.6. The van der Waals surface area contributed by atoms with Crippen LogP contribution in [0, 0.1) is 0 Å². The van der Waals surface area contributed by atoms with E-state index in [4.69, 9.17) is 4.74 Å². The predicted octanol–water partition coefficient (Wildman–Crippen LogP) is 1.89. The molecule has 1 atom stereocenters. The summed E-state index contributed by atoms with van der Waals surface area (Å²) in [5.41, 5.74) is 1.87. The van der Waals surface area contributed by atoms with Crippen molar-refractivity contribution in [1.29, 1.82) is 0 Å². The minimum atomic E-state index is -0.623. The summed E-state index contributed by atoms with van der Waals surface area (Å²) in [5.74, 6) is 0.410. The molecule has 3 rings (SSSR count). The Labute approximate surface area is 158 Å². The standard InChI is InChI=1S/C19H27N5O3/c1-13(2)27-12-6-9-20-17(25)14(3)21-19(26)24-11-10-23-16-8-5-4-7-15(16)22-18(23)24/h4-5,7-8,13-14H,6,9-12H2,1-3H3,(H,20,25)(H,21,26). The number of rotatable bonds is 7. The van der Waals surface area contributed by atoms with E-state index in [-0.39, 0.29) is 18.0 Å². The zero-order valence-corrected chi connectivity index (χ0v) is 16.1. The van der Waals surface area contributed by atoms with Gasteiger partial charge in [-0.1, -0.05) is 12.1 Å². The molecule has 0 fully saturated rings. The zero-order valence-electron chi connectivity index (χ0n) is 16.1. The summed E-state index contributed by atoms with van der Waals surface area (Å²) in [7, 11) is 0. The Kier molecular flexibility index (Phi) is 5.95. The number of anilines is 1. The van der Waals surface area contributed by atoms with E-state index in [1.165, 1.54) is 0 Å². The fourth-order valence-corrected chi connectivity index (χ4v) is 3.07. The van der Waals surface area contributed by atoms with Crippen LogP contribution >= 0.6 is 0 Å². The Balaban J connectivity index is 1.51. The van der Waals surface area contributed by atoms with Gasteiger partial charge in [-0.2, -0.15) is 0 Å². The zero-order chi connectivity index (χ0) is 19.4. The number of carbonyl (C=O) groups excluding carboxylic acids is 2. The van der Waals surface area contributed by atoms with Gasteiger partial charge in [0.15, 0.2) is 0 Å². The highest BCUT2D eigenvalue weighted by Crippen LogP contribution is 2.26. The first-order valence-corrected chi connectivity index (χ1v) is 9.40. The van der Waals surface area contributed by atoms with Crippen LogP contribution in [0.25, 0.3) is 11.0 Å². The van der Waals surface area contributed by atoms with E-state index in [0.29, 0.717) is 32.2 Å². The average molecular weight is 373 g/mol. The highest BCUT2D eigenvalue weighted by atomic mass is 16.5. The SMILES string of the molecule is CC(C)OCCCNC(=O)C(C)NC(=O)N1CCn2c1nc1ccccc12. The molecule has 1 aromatic heterocycles. The highest BCUT2D eigenvalue weighted by molar-refractivity contribution is 5.96. The van der Waals surface area contributed by atoms with E-state index in [9.17, 15) is 9.59 Å². The van der Waals surface area contributed by atoms with Crippen LogP contribution in [-0.2, 0) is 16.1 Å². The molecule has 2 heterocycles. The van der Waals surface area contributed by atoms with Crippen LogP contribution in [-0.4, -0.2) is 53.3 Å². The summed E-state index contributed by atoms with van der Waals surface area (Å²) in [4.78, 5) is 30.9. The number of hydrogen-bond acceptors (Lipinski definition) is 4. The van der Waals surface area contributed by atoms with Gasteiger partial charge < -0.3 is 19.9 Å². The molecule has 8 nitrogen and oxygen atoms in total. The number of aromatic nitrogens is 2. The summed E-state index contributed by atoms with van der Waals surface area (Å²) < 4.78 is 7.46. The third kappa shape index (κ3) is 4.39. The lowest BCUT2D eigenvalue weighted by molar-refractivity contribution is -0.122. The number of urea groups is 1. The van der Waals surface area contributed by atoms with Gasteiger partial charge in [0, 0.05) is 26.2 Å². The number of carbonyl (C=O) groups is 2. The number of amides is 3. The molecule has 0 aliphatic carbocycles. The van der Waals surface area contributed by atoms with Crippen molar-refractivity contribution in [2.24, 2.45) is 0 Å². The van der Waals surface area contributed by atoms with Gasteiger partial charge in [0.2, 0.25) is 11.9 Å². The fourth-order valence-electron chi connectivity index (χ4n) is 3.07. The van der Waals surface area contributed by atoms with Crippen molar-refractivity contribution < 1.29 is 14.3 Å². The Hall–Kier alpha value is -2.61. The lowest BCUT2D eigenvalue weighted by Crippen LogP contribution is -2.50. The maximum atomic E-state index is 12.6. The van der Waals surface area contributed by atoms with Crippen molar-refractivity contribution >= 4 is 28.9 Å². The fraction of sp³-hybridized carbons (Fsp3) is 0.526. The largest absolute Gasteiger partial charge is 0.379 e. The number of imidazole rings is 1. The quantitative estimate of drug-likeness (QED) is 0.726. The molecule has 1 unspecified atom stereocenters. The van der Waals surface area contributed by atoms with Crippen LogP contribution in [0.5, 0.6) is 0 Å². The van der Waals surface area contributed by atoms with Gasteiger partial charge in [-0.3, -0.25) is 9.69 Å². The van der Waals surface area contributed by atoms with E-state index in [1.54, 1.807) is 11.8 Å². The Bertz CT molecular complexity index is 817. The van der Waals surface area contributed by atoms with Gasteiger partial charge >= 0.3 is 6.03 Å². The van der Waals surface area contributed by atoms with E-state index < -0.39 is 6.04 Å². The first-order valence-electron chi connectivity index (χ1n) is 9.40. The number of fused-ring (bicyclic) bond motifs is 3. The summed E-state index contributed by atoms with van der Waals surface area (Å²) >= 11 is 0. The summed E-state index contributed by atoms with van der Waals surface area (Å²) in [6.45, 7) is 7.98. The summed E-state index contributed by atoms with van der Waals surface area (Å²) in [5, 5.41) is 5.58. The molecule has 0 saturated heterocycles. The monoisotopic (exact) mass is 373 g/mol. The topological polar surface area (TPSA) is 88.5 Å². The van der Waals surface area contributed by atoms with Crippen LogP contribution < -0.4 is 15.5 Å². The second-order valence-corrected chi connectivity index (χ2v) is 6.94. The van der Waals surface area contributed by atoms with Crippen molar-refractivity contribution in [2.45, 2.75) is 45.9 Å². The third-order valence-electron chi connectivity index (χ3n) is 4.47. The number of ether oxygens (including phenoxy) is 1. The number of para-hydroxylation sites is 2. The highest BCUT2D eigenvalue weighted by Gasteiger charge is 2.29. The molecular formula is C19H27N5O3. The lowest BCUT2D eigenvalue weighted by Gasteiger charge is -2.19. The molecule has 0 radical (unpaired) electrons. The van der Waals surface area contributed by atoms with Gasteiger partial charge in [-0.05, 0) is 39.3 Å². The molecule has 2 N–H and O–H groups in total. The normalized spacial score (nSPS) is 14.4. The van der Waals surface area contributed by atoms with E-state index in [2.05, 4.69) is 15.6 Å². The Morgan fingerprint density at radius 2 is 2.00 bits per heavy atom. The Morgan fingerprint density at radius 1 is 1.22 bits per heavy atom. The molecule has 0 bridgehead atoms. The van der Waals surface area contributed by atoms with E-state index in [0.717, 1.165) is 17.5 Å². The van der Waals surface area contributed by atoms with Gasteiger partial charge in [-0.15, -0.1) is 0 Å². The molecule has 2 aromatic rings. The molecule has 27 heavy (non-hydrogen) atoms. The maximum Gasteiger partial charge on any atom is 0.324 e. The molecule has 1 aliphatic heterocycles. The van der Waals surface area contributed by atoms with Gasteiger partial charge in [0.25, 0.3) is 0 Å². The van der Waals surface area contributed by atoms with Crippen molar-refractivity contribution in [1.82, 2.24) is 20.2 Å². The number of hydrogen-bond donors (Lipinski definition) is 2. The van der Waals surface area contributed by atoms with Crippen LogP contribution in [0.1, 0.15) is 27.2 Å². The van der Waals surface area contributed by atoms with E-state index in [1.807, 2.05) is 42.7 Å². The summed E-state index contributed by atoms with van der Waals surface area (Å²) in [6, 6.07) is 6.87. The number of benzene rings is 1. The van der Waals surface area contributed by atoms with Gasteiger partial charge in [-0.25, -0.2) is 9.78 Å². The molecular weight excluding hydrogens is 346 g/mol. The molecule has 3 amide bonds. The minimum absolute atomic E-state index is 0.184. The van der Waals surface area contributed by atoms with Gasteiger partial charge in [0.05, 0.1) is 17.1 Å². The first-order chi connectivity index (χ1) is 13.0. The lowest BCUT2D eigenvalue weighted by atomic mass is 10.3. The molecule has 1 aliphatic rings. The Morgan fingerprint density at radius 3 is 2.78 bits per heavy atom. The number of nitrogens with one attached hydrogen (secondary N) is 2. The molecule has 0 saturated carbocycles. The van der Waals surface area contributed by atoms with Crippen LogP contribution in [0.15, 0.2) is 24.3 Å². The first kappa shape index (κ1) is 19.2.